The second-order valence-corrected chi connectivity index (χ2v) is 5.08. The number of ether oxygens (including phenoxy) is 2. The maximum absolute atomic E-state index is 5.96. The third kappa shape index (κ3) is 3.48. The van der Waals surface area contributed by atoms with Crippen molar-refractivity contribution in [3.05, 3.63) is 59.8 Å². The first-order valence-electron chi connectivity index (χ1n) is 7.06. The van der Waals surface area contributed by atoms with Crippen molar-refractivity contribution in [2.45, 2.75) is 6.42 Å². The molecule has 1 aromatic heterocycles. The minimum Gasteiger partial charge on any atom is -0.493 e. The molecule has 0 amide bonds. The van der Waals surface area contributed by atoms with Crippen molar-refractivity contribution in [2.24, 2.45) is 0 Å². The van der Waals surface area contributed by atoms with Crippen LogP contribution in [-0.4, -0.2) is 19.2 Å². The third-order valence-electron chi connectivity index (χ3n) is 3.65. The molecule has 120 valence electrons. The zero-order chi connectivity index (χ0) is 15.5. The molecule has 0 aliphatic heterocycles. The van der Waals surface area contributed by atoms with Crippen LogP contribution in [0, 0.1) is 0 Å². The Labute approximate surface area is 141 Å². The van der Waals surface area contributed by atoms with Crippen LogP contribution in [0.3, 0.4) is 0 Å². The summed E-state index contributed by atoms with van der Waals surface area (Å²) < 4.78 is 10.8. The summed E-state index contributed by atoms with van der Waals surface area (Å²) >= 11 is 0. The van der Waals surface area contributed by atoms with Gasteiger partial charge in [0.05, 0.1) is 19.9 Å². The molecule has 0 saturated carbocycles. The van der Waals surface area contributed by atoms with E-state index in [2.05, 4.69) is 17.1 Å². The van der Waals surface area contributed by atoms with Crippen LogP contribution >= 0.6 is 12.4 Å². The van der Waals surface area contributed by atoms with Crippen molar-refractivity contribution < 1.29 is 9.47 Å². The van der Waals surface area contributed by atoms with E-state index in [9.17, 15) is 0 Å². The number of anilines is 1. The Morgan fingerprint density at radius 1 is 0.957 bits per heavy atom. The summed E-state index contributed by atoms with van der Waals surface area (Å²) in [6, 6.07) is 15.9. The van der Waals surface area contributed by atoms with E-state index < -0.39 is 0 Å². The molecule has 23 heavy (non-hydrogen) atoms. The number of aromatic nitrogens is 1. The number of methoxy groups -OCH3 is 2. The molecule has 3 rings (SSSR count). The number of hydrogen-bond acceptors (Lipinski definition) is 4. The fraction of sp³-hybridized carbons (Fsp3) is 0.167. The minimum absolute atomic E-state index is 0. The number of fused-ring (bicyclic) bond motifs is 1. The zero-order valence-electron chi connectivity index (χ0n) is 13.1. The largest absolute Gasteiger partial charge is 0.493 e. The lowest BCUT2D eigenvalue weighted by atomic mass is 10.0. The molecule has 2 aromatic carbocycles. The van der Waals surface area contributed by atoms with E-state index in [1.165, 1.54) is 5.56 Å². The highest BCUT2D eigenvalue weighted by Gasteiger charge is 2.11. The molecule has 0 fully saturated rings. The van der Waals surface area contributed by atoms with Gasteiger partial charge in [0.25, 0.3) is 0 Å². The minimum atomic E-state index is 0. The lowest BCUT2D eigenvalue weighted by Gasteiger charge is -2.12. The molecular formula is C18H19ClN2O2. The van der Waals surface area contributed by atoms with Crippen molar-refractivity contribution in [3.63, 3.8) is 0 Å². The highest BCUT2D eigenvalue weighted by atomic mass is 35.5. The number of rotatable bonds is 4. The van der Waals surface area contributed by atoms with Gasteiger partial charge in [0.2, 0.25) is 0 Å². The lowest BCUT2D eigenvalue weighted by Crippen LogP contribution is -2.00. The molecule has 5 heteroatoms. The average Bonchev–Trinajstić information content (AvgIpc) is 2.54. The van der Waals surface area contributed by atoms with E-state index >= 15 is 0 Å². The summed E-state index contributed by atoms with van der Waals surface area (Å²) in [7, 11) is 3.25. The predicted octanol–water partition coefficient (Wildman–Crippen LogP) is 3.85. The van der Waals surface area contributed by atoms with Crippen LogP contribution in [0.1, 0.15) is 11.3 Å². The Bertz CT molecular complexity index is 807. The standard InChI is InChI=1S/C18H18N2O2.ClH/c1-21-16-9-13-10-18(19)20-15(14(13)11-17(16)22-2)8-12-6-4-3-5-7-12;/h3-7,9-11H,8H2,1-2H3,(H2,19,20);1H. The molecule has 0 radical (unpaired) electrons. The molecule has 0 spiro atoms. The van der Waals surface area contributed by atoms with Crippen molar-refractivity contribution >= 4 is 29.0 Å². The smallest absolute Gasteiger partial charge is 0.161 e. The quantitative estimate of drug-likeness (QED) is 0.789. The first kappa shape index (κ1) is 16.9. The number of halogens is 1. The molecule has 0 saturated heterocycles. The number of benzene rings is 2. The number of nitrogens with zero attached hydrogens (tertiary/aromatic N) is 1. The zero-order valence-corrected chi connectivity index (χ0v) is 13.9. The van der Waals surface area contributed by atoms with Gasteiger partial charge in [0.1, 0.15) is 5.82 Å². The second kappa shape index (κ2) is 7.20. The topological polar surface area (TPSA) is 57.4 Å². The van der Waals surface area contributed by atoms with E-state index in [-0.39, 0.29) is 12.4 Å². The van der Waals surface area contributed by atoms with E-state index in [0.717, 1.165) is 22.9 Å². The summed E-state index contributed by atoms with van der Waals surface area (Å²) in [5, 5.41) is 2.02. The summed E-state index contributed by atoms with van der Waals surface area (Å²) in [5.74, 6) is 1.88. The molecule has 3 aromatic rings. The normalized spacial score (nSPS) is 10.2. The molecule has 0 bridgehead atoms. The summed E-state index contributed by atoms with van der Waals surface area (Å²) in [6.45, 7) is 0. The third-order valence-corrected chi connectivity index (χ3v) is 3.65. The maximum atomic E-state index is 5.96. The Morgan fingerprint density at radius 2 is 1.61 bits per heavy atom. The Morgan fingerprint density at radius 3 is 2.26 bits per heavy atom. The highest BCUT2D eigenvalue weighted by molar-refractivity contribution is 5.90. The van der Waals surface area contributed by atoms with Crippen molar-refractivity contribution in [3.8, 4) is 11.5 Å². The van der Waals surface area contributed by atoms with Gasteiger partial charge in [-0.25, -0.2) is 4.98 Å². The maximum Gasteiger partial charge on any atom is 0.161 e. The monoisotopic (exact) mass is 330 g/mol. The molecule has 4 nitrogen and oxygen atoms in total. The van der Waals surface area contributed by atoms with Gasteiger partial charge in [-0.15, -0.1) is 12.4 Å². The van der Waals surface area contributed by atoms with Gasteiger partial charge in [-0.2, -0.15) is 0 Å². The van der Waals surface area contributed by atoms with E-state index in [1.54, 1.807) is 14.2 Å². The average molecular weight is 331 g/mol. The second-order valence-electron chi connectivity index (χ2n) is 5.08. The summed E-state index contributed by atoms with van der Waals surface area (Å²) in [4.78, 5) is 4.51. The van der Waals surface area contributed by atoms with Crippen molar-refractivity contribution in [1.82, 2.24) is 4.98 Å². The lowest BCUT2D eigenvalue weighted by molar-refractivity contribution is 0.356. The van der Waals surface area contributed by atoms with Gasteiger partial charge in [-0.1, -0.05) is 30.3 Å². The number of nitrogens with two attached hydrogens (primary N) is 1. The van der Waals surface area contributed by atoms with Gasteiger partial charge in [-0.3, -0.25) is 0 Å². The van der Waals surface area contributed by atoms with Crippen LogP contribution in [0.2, 0.25) is 0 Å². The molecular weight excluding hydrogens is 312 g/mol. The Hall–Kier alpha value is -2.46. The van der Waals surface area contributed by atoms with Crippen LogP contribution in [0.4, 0.5) is 5.82 Å². The number of nitrogen functional groups attached to an aromatic ring is 1. The first-order chi connectivity index (χ1) is 10.7. The molecule has 0 atom stereocenters. The van der Waals surface area contributed by atoms with Crippen LogP contribution in [0.5, 0.6) is 11.5 Å². The number of hydrogen-bond donors (Lipinski definition) is 1. The fourth-order valence-corrected chi connectivity index (χ4v) is 2.60. The van der Waals surface area contributed by atoms with Crippen LogP contribution in [-0.2, 0) is 6.42 Å². The fourth-order valence-electron chi connectivity index (χ4n) is 2.60. The van der Waals surface area contributed by atoms with E-state index in [0.29, 0.717) is 17.3 Å². The van der Waals surface area contributed by atoms with E-state index in [1.807, 2.05) is 36.4 Å². The molecule has 2 N–H and O–H groups in total. The first-order valence-corrected chi connectivity index (χ1v) is 7.06. The summed E-state index contributed by atoms with van der Waals surface area (Å²) in [6.07, 6.45) is 0.720. The molecule has 0 aliphatic rings. The van der Waals surface area contributed by atoms with Gasteiger partial charge >= 0.3 is 0 Å². The van der Waals surface area contributed by atoms with Crippen molar-refractivity contribution in [2.75, 3.05) is 20.0 Å². The van der Waals surface area contributed by atoms with Crippen LogP contribution in [0.15, 0.2) is 48.5 Å². The SMILES string of the molecule is COc1cc2cc(N)nc(Cc3ccccc3)c2cc1OC.Cl. The summed E-state index contributed by atoms with van der Waals surface area (Å²) in [5.41, 5.74) is 8.08. The van der Waals surface area contributed by atoms with E-state index in [4.69, 9.17) is 15.2 Å². The highest BCUT2D eigenvalue weighted by Crippen LogP contribution is 2.34. The molecule has 0 unspecified atom stereocenters. The van der Waals surface area contributed by atoms with Gasteiger partial charge in [0.15, 0.2) is 11.5 Å². The van der Waals surface area contributed by atoms with Crippen LogP contribution < -0.4 is 15.2 Å². The number of pyridine rings is 1. The van der Waals surface area contributed by atoms with Gasteiger partial charge in [0, 0.05) is 11.8 Å². The Balaban J connectivity index is 0.00000192. The Kier molecular flexibility index (Phi) is 5.29. The van der Waals surface area contributed by atoms with Crippen molar-refractivity contribution in [1.29, 1.82) is 0 Å². The van der Waals surface area contributed by atoms with Gasteiger partial charge in [-0.05, 0) is 29.1 Å². The molecule has 1 heterocycles. The predicted molar refractivity (Wildman–Crippen MR) is 95.8 cm³/mol. The molecule has 0 aliphatic carbocycles. The van der Waals surface area contributed by atoms with Crippen LogP contribution in [0.25, 0.3) is 10.8 Å². The van der Waals surface area contributed by atoms with Gasteiger partial charge < -0.3 is 15.2 Å².